The van der Waals surface area contributed by atoms with Crippen LogP contribution in [0.5, 0.6) is 5.75 Å². The Hall–Kier alpha value is -3.73. The summed E-state index contributed by atoms with van der Waals surface area (Å²) in [6.07, 6.45) is 2.04. The predicted molar refractivity (Wildman–Crippen MR) is 120 cm³/mol. The number of rotatable bonds is 7. The predicted octanol–water partition coefficient (Wildman–Crippen LogP) is 4.81. The molecule has 0 fully saturated rings. The first-order valence-electron chi connectivity index (χ1n) is 10.00. The number of hydrogen-bond donors (Lipinski definition) is 3. The number of benzene rings is 3. The van der Waals surface area contributed by atoms with Gasteiger partial charge < -0.3 is 20.4 Å². The Balaban J connectivity index is 1.46. The van der Waals surface area contributed by atoms with Crippen LogP contribution in [0.3, 0.4) is 0 Å². The third kappa shape index (κ3) is 4.46. The van der Waals surface area contributed by atoms with Crippen molar-refractivity contribution >= 4 is 16.9 Å². The zero-order valence-electron chi connectivity index (χ0n) is 16.9. The molecular weight excluding hydrogens is 374 g/mol. The summed E-state index contributed by atoms with van der Waals surface area (Å²) < 4.78 is 5.23. The second-order valence-electron chi connectivity index (χ2n) is 7.17. The fourth-order valence-electron chi connectivity index (χ4n) is 3.70. The average Bonchev–Trinajstić information content (AvgIpc) is 3.23. The maximum atomic E-state index is 12.5. The SMILES string of the molecule is COc1cccc(CNC(=O)NCC(c2ccccc2)c2c[nH]c3ccccc23)c1. The molecule has 0 spiro atoms. The van der Waals surface area contributed by atoms with Crippen molar-refractivity contribution in [3.63, 3.8) is 0 Å². The zero-order valence-corrected chi connectivity index (χ0v) is 16.9. The van der Waals surface area contributed by atoms with Gasteiger partial charge in [-0.05, 0) is 34.9 Å². The number of nitrogens with one attached hydrogen (secondary N) is 3. The van der Waals surface area contributed by atoms with E-state index in [1.165, 1.54) is 10.9 Å². The largest absolute Gasteiger partial charge is 0.497 e. The highest BCUT2D eigenvalue weighted by Crippen LogP contribution is 2.30. The molecule has 3 aromatic carbocycles. The van der Waals surface area contributed by atoms with Gasteiger partial charge in [0.2, 0.25) is 0 Å². The van der Waals surface area contributed by atoms with E-state index in [2.05, 4.69) is 39.9 Å². The van der Waals surface area contributed by atoms with Gasteiger partial charge in [0.05, 0.1) is 7.11 Å². The number of methoxy groups -OCH3 is 1. The summed E-state index contributed by atoms with van der Waals surface area (Å²) in [4.78, 5) is 15.8. The molecule has 0 bridgehead atoms. The normalized spacial score (nSPS) is 11.8. The van der Waals surface area contributed by atoms with Gasteiger partial charge in [-0.3, -0.25) is 0 Å². The van der Waals surface area contributed by atoms with Gasteiger partial charge in [0.1, 0.15) is 5.75 Å². The van der Waals surface area contributed by atoms with Gasteiger partial charge in [0, 0.05) is 36.1 Å². The summed E-state index contributed by atoms with van der Waals surface area (Å²) in [5, 5.41) is 7.14. The summed E-state index contributed by atoms with van der Waals surface area (Å²) in [7, 11) is 1.63. The van der Waals surface area contributed by atoms with E-state index in [0.29, 0.717) is 13.1 Å². The molecule has 1 aromatic heterocycles. The van der Waals surface area contributed by atoms with E-state index >= 15 is 0 Å². The van der Waals surface area contributed by atoms with Gasteiger partial charge in [0.15, 0.2) is 0 Å². The minimum atomic E-state index is -0.196. The summed E-state index contributed by atoms with van der Waals surface area (Å²) in [6, 6.07) is 26.0. The summed E-state index contributed by atoms with van der Waals surface area (Å²) in [5.41, 5.74) is 4.41. The number of H-pyrrole nitrogens is 1. The first-order chi connectivity index (χ1) is 14.7. The lowest BCUT2D eigenvalue weighted by Gasteiger charge is -2.18. The van der Waals surface area contributed by atoms with Crippen molar-refractivity contribution in [2.45, 2.75) is 12.5 Å². The third-order valence-electron chi connectivity index (χ3n) is 5.25. The van der Waals surface area contributed by atoms with Crippen LogP contribution >= 0.6 is 0 Å². The number of para-hydroxylation sites is 1. The van der Waals surface area contributed by atoms with Crippen molar-refractivity contribution < 1.29 is 9.53 Å². The molecule has 1 heterocycles. The van der Waals surface area contributed by atoms with E-state index in [9.17, 15) is 4.79 Å². The number of fused-ring (bicyclic) bond motifs is 1. The fraction of sp³-hybridized carbons (Fsp3) is 0.160. The summed E-state index contributed by atoms with van der Waals surface area (Å²) in [5.74, 6) is 0.822. The molecule has 0 aliphatic carbocycles. The van der Waals surface area contributed by atoms with E-state index in [4.69, 9.17) is 4.74 Å². The number of carbonyl (C=O) groups excluding carboxylic acids is 1. The smallest absolute Gasteiger partial charge is 0.315 e. The van der Waals surface area contributed by atoms with E-state index in [-0.39, 0.29) is 11.9 Å². The average molecular weight is 399 g/mol. The highest BCUT2D eigenvalue weighted by atomic mass is 16.5. The number of hydrogen-bond acceptors (Lipinski definition) is 2. The molecule has 152 valence electrons. The molecule has 30 heavy (non-hydrogen) atoms. The van der Waals surface area contributed by atoms with Gasteiger partial charge in [-0.1, -0.05) is 60.7 Å². The highest BCUT2D eigenvalue weighted by Gasteiger charge is 2.18. The van der Waals surface area contributed by atoms with E-state index < -0.39 is 0 Å². The summed E-state index contributed by atoms with van der Waals surface area (Å²) in [6.45, 7) is 0.932. The number of carbonyl (C=O) groups is 1. The molecule has 4 aromatic rings. The Kier molecular flexibility index (Phi) is 5.99. The minimum Gasteiger partial charge on any atom is -0.497 e. The van der Waals surface area contributed by atoms with Crippen LogP contribution in [-0.2, 0) is 6.54 Å². The molecule has 0 saturated carbocycles. The molecule has 0 saturated heterocycles. The maximum Gasteiger partial charge on any atom is 0.315 e. The molecule has 4 rings (SSSR count). The third-order valence-corrected chi connectivity index (χ3v) is 5.25. The van der Waals surface area contributed by atoms with Crippen LogP contribution in [0, 0.1) is 0 Å². The van der Waals surface area contributed by atoms with Crippen molar-refractivity contribution in [1.82, 2.24) is 15.6 Å². The topological polar surface area (TPSA) is 66.2 Å². The number of amides is 2. The van der Waals surface area contributed by atoms with Crippen molar-refractivity contribution in [1.29, 1.82) is 0 Å². The zero-order chi connectivity index (χ0) is 20.8. The van der Waals surface area contributed by atoms with Gasteiger partial charge in [0.25, 0.3) is 0 Å². The molecule has 0 radical (unpaired) electrons. The Morgan fingerprint density at radius 2 is 1.77 bits per heavy atom. The molecule has 0 aliphatic heterocycles. The molecule has 1 unspecified atom stereocenters. The van der Waals surface area contributed by atoms with Crippen LogP contribution in [0.1, 0.15) is 22.6 Å². The van der Waals surface area contributed by atoms with Crippen LogP contribution in [-0.4, -0.2) is 24.7 Å². The fourth-order valence-corrected chi connectivity index (χ4v) is 3.70. The lowest BCUT2D eigenvalue weighted by atomic mass is 9.91. The second-order valence-corrected chi connectivity index (χ2v) is 7.17. The Morgan fingerprint density at radius 1 is 0.967 bits per heavy atom. The number of aromatic amines is 1. The van der Waals surface area contributed by atoms with Crippen molar-refractivity contribution in [2.75, 3.05) is 13.7 Å². The van der Waals surface area contributed by atoms with E-state index in [0.717, 1.165) is 22.4 Å². The lowest BCUT2D eigenvalue weighted by Crippen LogP contribution is -2.37. The molecule has 3 N–H and O–H groups in total. The van der Waals surface area contributed by atoms with Gasteiger partial charge >= 0.3 is 6.03 Å². The highest BCUT2D eigenvalue weighted by molar-refractivity contribution is 5.84. The first-order valence-corrected chi connectivity index (χ1v) is 10.00. The van der Waals surface area contributed by atoms with E-state index in [1.807, 2.05) is 60.8 Å². The summed E-state index contributed by atoms with van der Waals surface area (Å²) >= 11 is 0. The molecule has 0 aliphatic rings. The van der Waals surface area contributed by atoms with Crippen molar-refractivity contribution in [3.05, 3.63) is 102 Å². The van der Waals surface area contributed by atoms with Crippen molar-refractivity contribution in [2.24, 2.45) is 0 Å². The first kappa shape index (κ1) is 19.6. The van der Waals surface area contributed by atoms with Crippen LogP contribution in [0.4, 0.5) is 4.79 Å². The standard InChI is InChI=1S/C25H25N3O2/c1-30-20-11-7-8-18(14-20)15-27-25(29)28-16-22(19-9-3-2-4-10-19)23-17-26-24-13-6-5-12-21(23)24/h2-14,17,22,26H,15-16H2,1H3,(H2,27,28,29). The number of ether oxygens (including phenoxy) is 1. The molecule has 1 atom stereocenters. The van der Waals surface area contributed by atoms with Gasteiger partial charge in [-0.15, -0.1) is 0 Å². The van der Waals surface area contributed by atoms with Crippen LogP contribution in [0.2, 0.25) is 0 Å². The molecule has 2 amide bonds. The number of urea groups is 1. The Morgan fingerprint density at radius 3 is 2.60 bits per heavy atom. The lowest BCUT2D eigenvalue weighted by molar-refractivity contribution is 0.240. The monoisotopic (exact) mass is 399 g/mol. The van der Waals surface area contributed by atoms with Crippen LogP contribution < -0.4 is 15.4 Å². The quantitative estimate of drug-likeness (QED) is 0.418. The molecule has 5 heteroatoms. The van der Waals surface area contributed by atoms with Crippen LogP contribution in [0.25, 0.3) is 10.9 Å². The maximum absolute atomic E-state index is 12.5. The Bertz CT molecular complexity index is 1120. The van der Waals surface area contributed by atoms with Gasteiger partial charge in [-0.2, -0.15) is 0 Å². The minimum absolute atomic E-state index is 0.0462. The van der Waals surface area contributed by atoms with Crippen molar-refractivity contribution in [3.8, 4) is 5.75 Å². The van der Waals surface area contributed by atoms with Crippen LogP contribution in [0.15, 0.2) is 85.1 Å². The van der Waals surface area contributed by atoms with E-state index in [1.54, 1.807) is 7.11 Å². The molecular formula is C25H25N3O2. The Labute approximate surface area is 176 Å². The van der Waals surface area contributed by atoms with Gasteiger partial charge in [-0.25, -0.2) is 4.79 Å². The molecule has 5 nitrogen and oxygen atoms in total. The second kappa shape index (κ2) is 9.18. The number of aromatic nitrogens is 1.